The molecule has 208 valence electrons. The first-order valence-electron chi connectivity index (χ1n) is 12.9. The third-order valence-corrected chi connectivity index (χ3v) is 5.82. The SMILES string of the molecule is CNC(=O)c1ccc(C)c(Nc2nc(N[C@@H]3CCN(C(=O)OC(C)(C)C)C3)nc(N(C)CC(C)(C)C)n2)c1. The van der Waals surface area contributed by atoms with E-state index in [2.05, 4.69) is 51.7 Å². The van der Waals surface area contributed by atoms with Crippen LogP contribution < -0.4 is 20.9 Å². The second-order valence-electron chi connectivity index (χ2n) is 12.0. The molecule has 1 aliphatic heterocycles. The Labute approximate surface area is 225 Å². The van der Waals surface area contributed by atoms with Crippen molar-refractivity contribution in [2.75, 3.05) is 49.3 Å². The van der Waals surface area contributed by atoms with Crippen molar-refractivity contribution in [2.24, 2.45) is 5.41 Å². The summed E-state index contributed by atoms with van der Waals surface area (Å²) in [4.78, 5) is 42.4. The molecule has 1 saturated heterocycles. The van der Waals surface area contributed by atoms with E-state index in [1.165, 1.54) is 0 Å². The van der Waals surface area contributed by atoms with Gasteiger partial charge in [-0.25, -0.2) is 4.79 Å². The number of carbonyl (C=O) groups is 2. The van der Waals surface area contributed by atoms with Crippen molar-refractivity contribution in [3.63, 3.8) is 0 Å². The Morgan fingerprint density at radius 2 is 1.79 bits per heavy atom. The lowest BCUT2D eigenvalue weighted by atomic mass is 9.96. The lowest BCUT2D eigenvalue weighted by molar-refractivity contribution is 0.0293. The van der Waals surface area contributed by atoms with Crippen LogP contribution in [0.4, 0.5) is 28.3 Å². The molecule has 3 N–H and O–H groups in total. The molecule has 2 amide bonds. The maximum atomic E-state index is 12.5. The number of nitrogens with one attached hydrogen (secondary N) is 3. The first-order chi connectivity index (χ1) is 17.6. The van der Waals surface area contributed by atoms with Crippen LogP contribution in [0.15, 0.2) is 18.2 Å². The average Bonchev–Trinajstić information content (AvgIpc) is 3.26. The van der Waals surface area contributed by atoms with E-state index in [4.69, 9.17) is 4.74 Å². The van der Waals surface area contributed by atoms with Gasteiger partial charge < -0.3 is 30.5 Å². The Morgan fingerprint density at radius 1 is 1.11 bits per heavy atom. The highest BCUT2D eigenvalue weighted by atomic mass is 16.6. The van der Waals surface area contributed by atoms with Crippen LogP contribution in [0, 0.1) is 12.3 Å². The third kappa shape index (κ3) is 8.19. The van der Waals surface area contributed by atoms with E-state index in [1.54, 1.807) is 24.1 Å². The molecule has 0 aliphatic carbocycles. The summed E-state index contributed by atoms with van der Waals surface area (Å²) >= 11 is 0. The number of aromatic nitrogens is 3. The lowest BCUT2D eigenvalue weighted by Gasteiger charge is -2.27. The summed E-state index contributed by atoms with van der Waals surface area (Å²) in [5.74, 6) is 1.11. The van der Waals surface area contributed by atoms with Crippen molar-refractivity contribution in [3.05, 3.63) is 29.3 Å². The van der Waals surface area contributed by atoms with Crippen LogP contribution in [0.1, 0.15) is 63.9 Å². The number of hydrogen-bond acceptors (Lipinski definition) is 9. The van der Waals surface area contributed by atoms with Gasteiger partial charge >= 0.3 is 6.09 Å². The highest BCUT2D eigenvalue weighted by Crippen LogP contribution is 2.25. The summed E-state index contributed by atoms with van der Waals surface area (Å²) in [6.07, 6.45) is 0.422. The first-order valence-corrected chi connectivity index (χ1v) is 12.9. The minimum Gasteiger partial charge on any atom is -0.444 e. The molecule has 0 radical (unpaired) electrons. The normalized spacial score (nSPS) is 15.7. The van der Waals surface area contributed by atoms with E-state index in [9.17, 15) is 9.59 Å². The maximum Gasteiger partial charge on any atom is 0.410 e. The van der Waals surface area contributed by atoms with Gasteiger partial charge in [-0.3, -0.25) is 4.79 Å². The molecular formula is C27H42N8O3. The highest BCUT2D eigenvalue weighted by Gasteiger charge is 2.30. The largest absolute Gasteiger partial charge is 0.444 e. The van der Waals surface area contributed by atoms with Gasteiger partial charge in [0.25, 0.3) is 5.91 Å². The number of likely N-dealkylation sites (tertiary alicyclic amines) is 1. The predicted molar refractivity (Wildman–Crippen MR) is 150 cm³/mol. The van der Waals surface area contributed by atoms with E-state index < -0.39 is 5.60 Å². The van der Waals surface area contributed by atoms with Gasteiger partial charge in [0.05, 0.1) is 0 Å². The summed E-state index contributed by atoms with van der Waals surface area (Å²) in [6.45, 7) is 15.8. The fourth-order valence-electron chi connectivity index (χ4n) is 4.15. The molecule has 1 aromatic carbocycles. The van der Waals surface area contributed by atoms with Crippen LogP contribution in [0.3, 0.4) is 0 Å². The van der Waals surface area contributed by atoms with Crippen molar-refractivity contribution in [3.8, 4) is 0 Å². The van der Waals surface area contributed by atoms with Crippen molar-refractivity contribution >= 4 is 35.5 Å². The second kappa shape index (κ2) is 11.4. The van der Waals surface area contributed by atoms with E-state index in [0.717, 1.165) is 24.2 Å². The molecule has 1 fully saturated rings. The number of ether oxygens (including phenoxy) is 1. The fraction of sp³-hybridized carbons (Fsp3) is 0.593. The Hall–Kier alpha value is -3.63. The Balaban J connectivity index is 1.86. The van der Waals surface area contributed by atoms with Crippen LogP contribution >= 0.6 is 0 Å². The van der Waals surface area contributed by atoms with E-state index >= 15 is 0 Å². The summed E-state index contributed by atoms with van der Waals surface area (Å²) in [5, 5.41) is 9.31. The standard InChI is InChI=1S/C27H42N8O3/c1-17-10-11-18(21(36)28-8)14-20(17)30-23-31-22(32-24(33-23)34(9)16-26(2,3)4)29-19-12-13-35(15-19)25(37)38-27(5,6)7/h10-11,14,19H,12-13,15-16H2,1-9H3,(H,28,36)(H2,29,30,31,32,33)/t19-/m1/s1. The van der Waals surface area contributed by atoms with Gasteiger partial charge in [0.15, 0.2) is 0 Å². The Morgan fingerprint density at radius 3 is 2.42 bits per heavy atom. The van der Waals surface area contributed by atoms with Crippen LogP contribution in [-0.4, -0.2) is 77.2 Å². The number of hydrogen-bond donors (Lipinski definition) is 3. The quantitative estimate of drug-likeness (QED) is 0.487. The molecule has 11 nitrogen and oxygen atoms in total. The molecule has 2 aromatic rings. The molecule has 0 spiro atoms. The molecule has 1 aromatic heterocycles. The van der Waals surface area contributed by atoms with Crippen LogP contribution in [0.25, 0.3) is 0 Å². The number of carbonyl (C=O) groups excluding carboxylic acids is 2. The first kappa shape index (κ1) is 28.9. The monoisotopic (exact) mass is 526 g/mol. The van der Waals surface area contributed by atoms with Gasteiger partial charge in [0.1, 0.15) is 5.60 Å². The average molecular weight is 527 g/mol. The molecule has 1 atom stereocenters. The van der Waals surface area contributed by atoms with Gasteiger partial charge in [-0.15, -0.1) is 0 Å². The molecule has 38 heavy (non-hydrogen) atoms. The minimum atomic E-state index is -0.544. The number of nitrogens with zero attached hydrogens (tertiary/aromatic N) is 5. The van der Waals surface area contributed by atoms with E-state index in [0.29, 0.717) is 36.5 Å². The van der Waals surface area contributed by atoms with Crippen LogP contribution in [0.2, 0.25) is 0 Å². The van der Waals surface area contributed by atoms with Gasteiger partial charge in [-0.2, -0.15) is 15.0 Å². The highest BCUT2D eigenvalue weighted by molar-refractivity contribution is 5.95. The molecule has 0 bridgehead atoms. The molecule has 2 heterocycles. The van der Waals surface area contributed by atoms with Crippen molar-refractivity contribution in [1.82, 2.24) is 25.2 Å². The zero-order valence-electron chi connectivity index (χ0n) is 24.1. The number of aryl methyl sites for hydroxylation is 1. The van der Waals surface area contributed by atoms with Gasteiger partial charge in [0, 0.05) is 51.0 Å². The van der Waals surface area contributed by atoms with E-state index in [-0.39, 0.29) is 23.5 Å². The number of benzene rings is 1. The van der Waals surface area contributed by atoms with Crippen LogP contribution in [0.5, 0.6) is 0 Å². The molecule has 0 unspecified atom stereocenters. The van der Waals surface area contributed by atoms with Crippen molar-refractivity contribution in [1.29, 1.82) is 0 Å². The van der Waals surface area contributed by atoms with E-state index in [1.807, 2.05) is 45.7 Å². The minimum absolute atomic E-state index is 0.0281. The van der Waals surface area contributed by atoms with Gasteiger partial charge in [-0.1, -0.05) is 26.8 Å². The molecule has 0 saturated carbocycles. The summed E-state index contributed by atoms with van der Waals surface area (Å²) < 4.78 is 5.52. The van der Waals surface area contributed by atoms with Crippen LogP contribution in [-0.2, 0) is 4.74 Å². The molecular weight excluding hydrogens is 484 g/mol. The second-order valence-corrected chi connectivity index (χ2v) is 12.0. The Bertz CT molecular complexity index is 1160. The Kier molecular flexibility index (Phi) is 8.68. The fourth-order valence-corrected chi connectivity index (χ4v) is 4.15. The van der Waals surface area contributed by atoms with Gasteiger partial charge in [-0.05, 0) is 57.2 Å². The zero-order valence-corrected chi connectivity index (χ0v) is 24.1. The molecule has 3 rings (SSSR count). The van der Waals surface area contributed by atoms with Crippen molar-refractivity contribution in [2.45, 2.75) is 66.5 Å². The summed E-state index contributed by atoms with van der Waals surface area (Å²) in [5.41, 5.74) is 1.69. The molecule has 1 aliphatic rings. The smallest absolute Gasteiger partial charge is 0.410 e. The van der Waals surface area contributed by atoms with Crippen molar-refractivity contribution < 1.29 is 14.3 Å². The number of rotatable bonds is 7. The summed E-state index contributed by atoms with van der Waals surface area (Å²) in [6, 6.07) is 5.40. The zero-order chi connectivity index (χ0) is 28.3. The topological polar surface area (TPSA) is 125 Å². The number of amides is 2. The van der Waals surface area contributed by atoms with Gasteiger partial charge in [0.2, 0.25) is 17.8 Å². The third-order valence-electron chi connectivity index (χ3n) is 5.82. The lowest BCUT2D eigenvalue weighted by Crippen LogP contribution is -2.36. The molecule has 11 heteroatoms. The number of anilines is 4. The summed E-state index contributed by atoms with van der Waals surface area (Å²) in [7, 11) is 3.55. The predicted octanol–water partition coefficient (Wildman–Crippen LogP) is 4.19. The maximum absolute atomic E-state index is 12.5.